The number of hydrogen-bond acceptors (Lipinski definition) is 10. The zero-order valence-electron chi connectivity index (χ0n) is 49.2. The molecule has 0 saturated heterocycles. The highest BCUT2D eigenvalue weighted by Gasteiger charge is 2.34. The van der Waals surface area contributed by atoms with Crippen LogP contribution in [0.1, 0.15) is 212 Å². The van der Waals surface area contributed by atoms with Gasteiger partial charge in [0.15, 0.2) is 0 Å². The van der Waals surface area contributed by atoms with Crippen molar-refractivity contribution in [3.8, 4) is 0 Å². The number of esters is 1. The number of ketones is 1. The van der Waals surface area contributed by atoms with Gasteiger partial charge in [-0.05, 0) is 169 Å². The van der Waals surface area contributed by atoms with E-state index in [4.69, 9.17) is 9.47 Å². The average molecular weight is 1180 g/mol. The monoisotopic (exact) mass is 1180 g/mol. The summed E-state index contributed by atoms with van der Waals surface area (Å²) in [6.07, 6.45) is 8.24. The van der Waals surface area contributed by atoms with Crippen LogP contribution in [0.2, 0.25) is 0 Å². The number of alkyl carbamates (subject to hydrolysis) is 1. The second-order valence-corrected chi connectivity index (χ2v) is 26.8. The Kier molecular flexibility index (Phi) is 30.8. The number of Topliss-reactive ketones (excluding diaryl/α,β-unsaturated/α-hetero) is 1. The summed E-state index contributed by atoms with van der Waals surface area (Å²) in [5, 5.41) is 20.6. The molecule has 0 aliphatic carbocycles. The van der Waals surface area contributed by atoms with Gasteiger partial charge < -0.3 is 46.7 Å². The van der Waals surface area contributed by atoms with Gasteiger partial charge in [-0.25, -0.2) is 14.4 Å². The van der Waals surface area contributed by atoms with E-state index in [9.17, 15) is 38.4 Å². The van der Waals surface area contributed by atoms with E-state index in [-0.39, 0.29) is 90.7 Å². The standard InChI is InChI=1S/C58H100IN7O10/c1-54(2,3)35-34-45(56(7,8)9)66-52(73)65-44(55(4,5)6)32-33-46(67)60-36-22-18-16-17-19-27-47(68)63-43(26-21-24-38-62-53(74)76-58(13,14)15)50(71)64-42(49(70)51(72)75-57(10,11)12)25-20-23-37-61-48(69)39-40-28-30-41(59)31-29-40/h28-31,42-45H,16-27,32-39H2,1-15H3,(H,60,67)(H,61,69)(H,62,74)(H,63,68)(H,64,71)(H2,65,66,73)/t42-,43-,44-,45-/m0/s1. The number of unbranched alkanes of at least 4 members (excludes halogenated alkanes) is 6. The molecule has 0 saturated carbocycles. The number of halogens is 1. The fraction of sp³-hybridized carbons (Fsp3) is 0.759. The normalized spacial score (nSPS) is 13.7. The van der Waals surface area contributed by atoms with E-state index in [2.05, 4.69) is 122 Å². The van der Waals surface area contributed by atoms with Crippen LogP contribution in [0, 0.1) is 19.8 Å². The van der Waals surface area contributed by atoms with E-state index in [1.165, 1.54) is 0 Å². The molecule has 434 valence electrons. The van der Waals surface area contributed by atoms with Crippen LogP contribution in [0.3, 0.4) is 0 Å². The average Bonchev–Trinajstić information content (AvgIpc) is 3.27. The van der Waals surface area contributed by atoms with Gasteiger partial charge in [-0.3, -0.25) is 24.0 Å². The molecule has 0 bridgehead atoms. The lowest BCUT2D eigenvalue weighted by Crippen LogP contribution is -2.53. The molecular formula is C58H100IN7O10. The number of rotatable bonds is 32. The molecule has 0 unspecified atom stereocenters. The minimum atomic E-state index is -1.24. The highest BCUT2D eigenvalue weighted by molar-refractivity contribution is 14.1. The van der Waals surface area contributed by atoms with E-state index in [0.717, 1.165) is 47.7 Å². The Morgan fingerprint density at radius 1 is 0.487 bits per heavy atom. The van der Waals surface area contributed by atoms with Gasteiger partial charge >= 0.3 is 18.1 Å². The van der Waals surface area contributed by atoms with Crippen molar-refractivity contribution < 1.29 is 47.8 Å². The Hall–Kier alpha value is -4.49. The van der Waals surface area contributed by atoms with Gasteiger partial charge in [0.25, 0.3) is 5.78 Å². The summed E-state index contributed by atoms with van der Waals surface area (Å²) < 4.78 is 11.7. The molecule has 0 heterocycles. The van der Waals surface area contributed by atoms with Crippen LogP contribution in [0.15, 0.2) is 24.3 Å². The van der Waals surface area contributed by atoms with Crippen LogP contribution in [0.5, 0.6) is 0 Å². The number of ether oxygens (including phenoxy) is 2. The van der Waals surface area contributed by atoms with Crippen molar-refractivity contribution in [2.24, 2.45) is 16.2 Å². The number of benzene rings is 1. The molecule has 18 heteroatoms. The van der Waals surface area contributed by atoms with Crippen molar-refractivity contribution >= 4 is 70.1 Å². The lowest BCUT2D eigenvalue weighted by Gasteiger charge is -2.36. The Bertz CT molecular complexity index is 1980. The Labute approximate surface area is 470 Å². The first-order valence-corrected chi connectivity index (χ1v) is 28.8. The van der Waals surface area contributed by atoms with Crippen LogP contribution in [-0.2, 0) is 44.7 Å². The Morgan fingerprint density at radius 3 is 1.51 bits per heavy atom. The maximum absolute atomic E-state index is 14.0. The van der Waals surface area contributed by atoms with Crippen LogP contribution >= 0.6 is 22.6 Å². The van der Waals surface area contributed by atoms with Crippen molar-refractivity contribution in [3.63, 3.8) is 0 Å². The molecule has 76 heavy (non-hydrogen) atoms. The van der Waals surface area contributed by atoms with Gasteiger partial charge in [0.2, 0.25) is 23.6 Å². The minimum Gasteiger partial charge on any atom is -0.454 e. The zero-order chi connectivity index (χ0) is 57.9. The molecule has 17 nitrogen and oxygen atoms in total. The van der Waals surface area contributed by atoms with Gasteiger partial charge in [0, 0.05) is 48.1 Å². The van der Waals surface area contributed by atoms with E-state index in [1.54, 1.807) is 41.5 Å². The minimum absolute atomic E-state index is 0.000712. The first-order valence-electron chi connectivity index (χ1n) is 27.7. The molecule has 0 aliphatic heterocycles. The van der Waals surface area contributed by atoms with E-state index in [0.29, 0.717) is 51.6 Å². The maximum Gasteiger partial charge on any atom is 0.407 e. The molecule has 0 fully saturated rings. The number of carbonyl (C=O) groups excluding carboxylic acids is 8. The molecule has 7 amide bonds. The largest absolute Gasteiger partial charge is 0.454 e. The van der Waals surface area contributed by atoms with Gasteiger partial charge in [-0.2, -0.15) is 0 Å². The third-order valence-electron chi connectivity index (χ3n) is 12.4. The number of hydrogen-bond donors (Lipinski definition) is 7. The molecule has 0 aromatic heterocycles. The molecular weight excluding hydrogens is 1080 g/mol. The smallest absolute Gasteiger partial charge is 0.407 e. The van der Waals surface area contributed by atoms with Crippen molar-refractivity contribution in [2.75, 3.05) is 19.6 Å². The predicted molar refractivity (Wildman–Crippen MR) is 309 cm³/mol. The van der Waals surface area contributed by atoms with E-state index < -0.39 is 47.0 Å². The maximum atomic E-state index is 14.0. The first kappa shape index (κ1) is 69.5. The fourth-order valence-electron chi connectivity index (χ4n) is 7.99. The number of carbonyl (C=O) groups is 8. The summed E-state index contributed by atoms with van der Waals surface area (Å²) in [6, 6.07) is 4.95. The lowest BCUT2D eigenvalue weighted by atomic mass is 9.79. The van der Waals surface area contributed by atoms with Crippen LogP contribution < -0.4 is 37.2 Å². The summed E-state index contributed by atoms with van der Waals surface area (Å²) in [5.74, 6) is -3.20. The second kappa shape index (κ2) is 33.7. The Balaban J connectivity index is 2.82. The highest BCUT2D eigenvalue weighted by Crippen LogP contribution is 2.29. The zero-order valence-corrected chi connectivity index (χ0v) is 51.4. The summed E-state index contributed by atoms with van der Waals surface area (Å²) in [7, 11) is 0. The topological polar surface area (TPSA) is 239 Å². The number of nitrogens with one attached hydrogen (secondary N) is 7. The van der Waals surface area contributed by atoms with Crippen molar-refractivity contribution in [1.29, 1.82) is 0 Å². The number of amides is 7. The van der Waals surface area contributed by atoms with Crippen molar-refractivity contribution in [3.05, 3.63) is 33.4 Å². The Morgan fingerprint density at radius 2 is 0.974 bits per heavy atom. The molecule has 1 aromatic rings. The second-order valence-electron chi connectivity index (χ2n) is 25.6. The highest BCUT2D eigenvalue weighted by atomic mass is 127. The van der Waals surface area contributed by atoms with E-state index in [1.807, 2.05) is 24.3 Å². The van der Waals surface area contributed by atoms with Gasteiger partial charge in [-0.15, -0.1) is 0 Å². The quantitative estimate of drug-likeness (QED) is 0.0156. The molecule has 1 aromatic carbocycles. The lowest BCUT2D eigenvalue weighted by molar-refractivity contribution is -0.163. The third kappa shape index (κ3) is 34.3. The van der Waals surface area contributed by atoms with Gasteiger partial charge in [-0.1, -0.05) is 93.7 Å². The van der Waals surface area contributed by atoms with Gasteiger partial charge in [0.1, 0.15) is 17.2 Å². The van der Waals surface area contributed by atoms with Crippen molar-refractivity contribution in [2.45, 2.75) is 248 Å². The fourth-order valence-corrected chi connectivity index (χ4v) is 8.35. The summed E-state index contributed by atoms with van der Waals surface area (Å²) >= 11 is 2.20. The molecule has 0 radical (unpaired) electrons. The molecule has 4 atom stereocenters. The van der Waals surface area contributed by atoms with Crippen LogP contribution in [0.4, 0.5) is 9.59 Å². The molecule has 7 N–H and O–H groups in total. The molecule has 0 spiro atoms. The van der Waals surface area contributed by atoms with Crippen molar-refractivity contribution in [1.82, 2.24) is 37.2 Å². The van der Waals surface area contributed by atoms with E-state index >= 15 is 0 Å². The predicted octanol–water partition coefficient (Wildman–Crippen LogP) is 9.89. The first-order chi connectivity index (χ1) is 35.0. The molecule has 0 aliphatic rings. The third-order valence-corrected chi connectivity index (χ3v) is 13.2. The summed E-state index contributed by atoms with van der Waals surface area (Å²) in [5.41, 5.74) is -0.956. The summed E-state index contributed by atoms with van der Waals surface area (Å²) in [6.45, 7) is 30.5. The van der Waals surface area contributed by atoms with Crippen LogP contribution in [-0.4, -0.2) is 103 Å². The number of urea groups is 1. The van der Waals surface area contributed by atoms with Crippen LogP contribution in [0.25, 0.3) is 0 Å². The summed E-state index contributed by atoms with van der Waals surface area (Å²) in [4.78, 5) is 105. The SMILES string of the molecule is CC(C)(C)CC[C@H](NC(=O)N[C@@H](CCC(=O)NCCCCCCCC(=O)N[C@@H](CCCCNC(=O)OC(C)(C)C)C(=O)N[C@@H](CCCCNC(=O)Cc1ccc(I)cc1)C(=O)C(=O)OC(C)(C)C)C(C)(C)C)C(C)(C)C. The molecule has 1 rings (SSSR count). The van der Waals surface area contributed by atoms with Gasteiger partial charge in [0.05, 0.1) is 12.5 Å².